The molecule has 36 heavy (non-hydrogen) atoms. The monoisotopic (exact) mass is 508 g/mol. The van der Waals surface area contributed by atoms with Crippen molar-refractivity contribution in [1.29, 1.82) is 0 Å². The van der Waals surface area contributed by atoms with E-state index in [1.165, 1.54) is 12.1 Å². The number of nitro benzene ring substituents is 2. The number of piperazine rings is 1. The number of carbonyl (C=O) groups is 1. The van der Waals surface area contributed by atoms with E-state index >= 15 is 0 Å². The summed E-state index contributed by atoms with van der Waals surface area (Å²) < 4.78 is 31.4. The molecule has 1 amide bonds. The molecule has 2 aromatic rings. The first-order chi connectivity index (χ1) is 16.8. The van der Waals surface area contributed by atoms with E-state index in [0.29, 0.717) is 44.7 Å². The highest BCUT2D eigenvalue weighted by atomic mass is 19.1. The molecule has 0 saturated carbocycles. The number of carbonyl (C=O) groups excluding carboxylic acids is 1. The second-order valence-electron chi connectivity index (χ2n) is 9.18. The van der Waals surface area contributed by atoms with E-state index in [4.69, 9.17) is 4.74 Å². The third-order valence-electron chi connectivity index (χ3n) is 5.25. The first-order valence-electron chi connectivity index (χ1n) is 11.4. The van der Waals surface area contributed by atoms with Gasteiger partial charge in [0.2, 0.25) is 11.6 Å². The minimum Gasteiger partial charge on any atom is -0.444 e. The van der Waals surface area contributed by atoms with Crippen molar-refractivity contribution in [3.8, 4) is 0 Å². The Hall–Kier alpha value is -3.67. The largest absolute Gasteiger partial charge is 0.444 e. The highest BCUT2D eigenvalue weighted by Gasteiger charge is 2.26. The van der Waals surface area contributed by atoms with Gasteiger partial charge in [-0.05, 0) is 50.5 Å². The normalized spacial score (nSPS) is 14.0. The van der Waals surface area contributed by atoms with Crippen LogP contribution in [0.2, 0.25) is 0 Å². The third-order valence-corrected chi connectivity index (χ3v) is 5.25. The van der Waals surface area contributed by atoms with Gasteiger partial charge in [0.1, 0.15) is 5.60 Å². The highest BCUT2D eigenvalue weighted by Crippen LogP contribution is 2.21. The van der Waals surface area contributed by atoms with E-state index in [0.717, 1.165) is 17.7 Å². The van der Waals surface area contributed by atoms with Crippen LogP contribution in [0.1, 0.15) is 38.8 Å². The lowest BCUT2D eigenvalue weighted by atomic mass is 10.1. The number of ether oxygens (including phenoxy) is 1. The Morgan fingerprint density at radius 1 is 0.917 bits per heavy atom. The van der Waals surface area contributed by atoms with Gasteiger partial charge in [0.25, 0.3) is 0 Å². The highest BCUT2D eigenvalue weighted by molar-refractivity contribution is 5.68. The number of rotatable bonds is 5. The molecule has 1 fully saturated rings. The number of aryl methyl sites for hydroxylation is 1. The van der Waals surface area contributed by atoms with Gasteiger partial charge in [0, 0.05) is 44.9 Å². The Labute approximate surface area is 207 Å². The standard InChI is InChI=1S/C16H22FN3O4.C8H8FNO2/c1-16(2,3)24-15(21)19-8-6-18(7-9-19)11-12-4-5-13(17)14(10-12)20(22)23;1-2-6-3-4-7(9)8(5-6)10(11)12/h4-5,10H,6-9,11H2,1-3H3;3-5H,2H2,1H3. The van der Waals surface area contributed by atoms with Crippen molar-refractivity contribution in [2.75, 3.05) is 26.2 Å². The Kier molecular flexibility index (Phi) is 9.79. The zero-order valence-electron chi connectivity index (χ0n) is 20.7. The van der Waals surface area contributed by atoms with Gasteiger partial charge in [-0.15, -0.1) is 0 Å². The summed E-state index contributed by atoms with van der Waals surface area (Å²) in [6.45, 7) is 10.1. The van der Waals surface area contributed by atoms with E-state index in [-0.39, 0.29) is 6.09 Å². The molecule has 1 heterocycles. The van der Waals surface area contributed by atoms with E-state index in [2.05, 4.69) is 4.90 Å². The average molecular weight is 509 g/mol. The molecule has 1 saturated heterocycles. The van der Waals surface area contributed by atoms with Crippen molar-refractivity contribution < 1.29 is 28.2 Å². The molecule has 0 N–H and O–H groups in total. The summed E-state index contributed by atoms with van der Waals surface area (Å²) in [5.74, 6) is -1.62. The van der Waals surface area contributed by atoms with Gasteiger partial charge in [-0.1, -0.05) is 19.1 Å². The molecule has 12 heteroatoms. The van der Waals surface area contributed by atoms with Crippen LogP contribution in [0.3, 0.4) is 0 Å². The molecule has 10 nitrogen and oxygen atoms in total. The molecule has 1 aliphatic rings. The Morgan fingerprint density at radius 3 is 1.83 bits per heavy atom. The fourth-order valence-electron chi connectivity index (χ4n) is 3.39. The van der Waals surface area contributed by atoms with Crippen LogP contribution >= 0.6 is 0 Å². The molecular formula is C24H30F2N4O6. The molecule has 1 aliphatic heterocycles. The zero-order valence-corrected chi connectivity index (χ0v) is 20.7. The summed E-state index contributed by atoms with van der Waals surface area (Å²) in [6.07, 6.45) is 0.334. The van der Waals surface area contributed by atoms with Crippen molar-refractivity contribution in [2.24, 2.45) is 0 Å². The summed E-state index contributed by atoms with van der Waals surface area (Å²) >= 11 is 0. The minimum atomic E-state index is -0.835. The summed E-state index contributed by atoms with van der Waals surface area (Å²) in [5, 5.41) is 21.0. The summed E-state index contributed by atoms with van der Waals surface area (Å²) in [5.41, 5.74) is -0.0486. The number of halogens is 2. The van der Waals surface area contributed by atoms with Crippen molar-refractivity contribution in [2.45, 2.75) is 46.3 Å². The smallest absolute Gasteiger partial charge is 0.410 e. The maximum absolute atomic E-state index is 13.4. The van der Waals surface area contributed by atoms with Gasteiger partial charge in [-0.3, -0.25) is 25.1 Å². The summed E-state index contributed by atoms with van der Waals surface area (Å²) in [6, 6.07) is 7.84. The second kappa shape index (κ2) is 12.3. The SMILES string of the molecule is CC(C)(C)OC(=O)N1CCN(Cc2ccc(F)c([N+](=O)[O-])c2)CC1.CCc1ccc(F)c([N+](=O)[O-])c1. The predicted molar refractivity (Wildman–Crippen MR) is 129 cm³/mol. The van der Waals surface area contributed by atoms with E-state index in [1.807, 2.05) is 27.7 Å². The lowest BCUT2D eigenvalue weighted by Gasteiger charge is -2.35. The minimum absolute atomic E-state index is 0.334. The Balaban J connectivity index is 0.000000319. The number of hydrogen-bond acceptors (Lipinski definition) is 7. The lowest BCUT2D eigenvalue weighted by molar-refractivity contribution is -0.387. The lowest BCUT2D eigenvalue weighted by Crippen LogP contribution is -2.49. The van der Waals surface area contributed by atoms with Gasteiger partial charge in [0.15, 0.2) is 0 Å². The molecule has 0 atom stereocenters. The fourth-order valence-corrected chi connectivity index (χ4v) is 3.39. The van der Waals surface area contributed by atoms with Gasteiger partial charge in [-0.25, -0.2) is 4.79 Å². The van der Waals surface area contributed by atoms with Crippen LogP contribution in [-0.4, -0.2) is 57.5 Å². The number of amides is 1. The first kappa shape index (κ1) is 28.6. The van der Waals surface area contributed by atoms with Crippen molar-refractivity contribution in [1.82, 2.24) is 9.80 Å². The molecular weight excluding hydrogens is 478 g/mol. The predicted octanol–water partition coefficient (Wildman–Crippen LogP) is 5.08. The molecule has 2 aromatic carbocycles. The summed E-state index contributed by atoms with van der Waals surface area (Å²) in [7, 11) is 0. The molecule has 3 rings (SSSR count). The van der Waals surface area contributed by atoms with Gasteiger partial charge < -0.3 is 9.64 Å². The average Bonchev–Trinajstić information content (AvgIpc) is 2.80. The van der Waals surface area contributed by atoms with Crippen LogP contribution in [0.5, 0.6) is 0 Å². The number of hydrogen-bond donors (Lipinski definition) is 0. The van der Waals surface area contributed by atoms with Gasteiger partial charge >= 0.3 is 17.5 Å². The van der Waals surface area contributed by atoms with Gasteiger partial charge in [-0.2, -0.15) is 8.78 Å². The summed E-state index contributed by atoms with van der Waals surface area (Å²) in [4.78, 5) is 35.3. The van der Waals surface area contributed by atoms with Crippen LogP contribution in [-0.2, 0) is 17.7 Å². The van der Waals surface area contributed by atoms with E-state index in [1.54, 1.807) is 17.0 Å². The molecule has 196 valence electrons. The maximum Gasteiger partial charge on any atom is 0.410 e. The Bertz CT molecular complexity index is 1100. The van der Waals surface area contributed by atoms with Crippen LogP contribution in [0.4, 0.5) is 25.0 Å². The molecule has 0 spiro atoms. The number of nitrogens with zero attached hydrogens (tertiary/aromatic N) is 4. The maximum atomic E-state index is 13.4. The topological polar surface area (TPSA) is 119 Å². The second-order valence-corrected chi connectivity index (χ2v) is 9.18. The van der Waals surface area contributed by atoms with Crippen LogP contribution in [0.25, 0.3) is 0 Å². The molecule has 0 bridgehead atoms. The van der Waals surface area contributed by atoms with Crippen molar-refractivity contribution in [3.05, 3.63) is 79.4 Å². The zero-order chi connectivity index (χ0) is 27.0. The fraction of sp³-hybridized carbons (Fsp3) is 0.458. The van der Waals surface area contributed by atoms with Gasteiger partial charge in [0.05, 0.1) is 9.85 Å². The number of nitro groups is 2. The quantitative estimate of drug-likeness (QED) is 0.408. The van der Waals surface area contributed by atoms with E-state index in [9.17, 15) is 33.8 Å². The van der Waals surface area contributed by atoms with Crippen molar-refractivity contribution >= 4 is 17.5 Å². The molecule has 0 unspecified atom stereocenters. The number of benzene rings is 2. The van der Waals surface area contributed by atoms with Crippen LogP contribution in [0, 0.1) is 31.9 Å². The van der Waals surface area contributed by atoms with Crippen LogP contribution < -0.4 is 0 Å². The van der Waals surface area contributed by atoms with E-state index < -0.39 is 38.5 Å². The third kappa shape index (κ3) is 8.52. The molecule has 0 aliphatic carbocycles. The molecule has 0 radical (unpaired) electrons. The first-order valence-corrected chi connectivity index (χ1v) is 11.4. The Morgan fingerprint density at radius 2 is 1.39 bits per heavy atom. The van der Waals surface area contributed by atoms with Crippen LogP contribution in [0.15, 0.2) is 36.4 Å². The van der Waals surface area contributed by atoms with Crippen molar-refractivity contribution in [3.63, 3.8) is 0 Å². The molecule has 0 aromatic heterocycles.